The molecule has 0 radical (unpaired) electrons. The molecule has 1 saturated carbocycles. The van der Waals surface area contributed by atoms with Crippen molar-refractivity contribution >= 4 is 27.5 Å². The highest BCUT2D eigenvalue weighted by Crippen LogP contribution is 2.46. The van der Waals surface area contributed by atoms with E-state index in [9.17, 15) is 0 Å². The standard InChI is InChI=1S/C18H26BrClO/c1-18(2,3)13-7-5-12(6-8-13)17(20)15-10-9-14(21-4)11-16(15)19/h9-13,17H,5-8H2,1-4H3. The van der Waals surface area contributed by atoms with Crippen LogP contribution in [-0.4, -0.2) is 7.11 Å². The average molecular weight is 374 g/mol. The van der Waals surface area contributed by atoms with E-state index >= 15 is 0 Å². The summed E-state index contributed by atoms with van der Waals surface area (Å²) in [7, 11) is 1.69. The van der Waals surface area contributed by atoms with E-state index in [1.54, 1.807) is 7.11 Å². The SMILES string of the molecule is COc1ccc(C(Cl)C2CCC(C(C)(C)C)CC2)c(Br)c1. The van der Waals surface area contributed by atoms with Crippen LogP contribution in [0.15, 0.2) is 22.7 Å². The third kappa shape index (κ3) is 4.16. The number of rotatable bonds is 3. The fourth-order valence-corrected chi connectivity index (χ4v) is 4.57. The number of benzene rings is 1. The molecular formula is C18H26BrClO. The van der Waals surface area contributed by atoms with Gasteiger partial charge in [0.25, 0.3) is 0 Å². The van der Waals surface area contributed by atoms with Crippen LogP contribution in [0.4, 0.5) is 0 Å². The van der Waals surface area contributed by atoms with Crippen molar-refractivity contribution in [2.45, 2.75) is 51.8 Å². The van der Waals surface area contributed by atoms with Gasteiger partial charge < -0.3 is 4.74 Å². The highest BCUT2D eigenvalue weighted by molar-refractivity contribution is 9.10. The Kier molecular flexibility index (Phi) is 5.65. The van der Waals surface area contributed by atoms with Crippen LogP contribution in [0.1, 0.15) is 57.4 Å². The van der Waals surface area contributed by atoms with Crippen LogP contribution in [0.25, 0.3) is 0 Å². The fraction of sp³-hybridized carbons (Fsp3) is 0.667. The molecule has 0 aliphatic heterocycles. The number of hydrogen-bond acceptors (Lipinski definition) is 1. The second kappa shape index (κ2) is 6.91. The van der Waals surface area contributed by atoms with Crippen LogP contribution in [-0.2, 0) is 0 Å². The number of methoxy groups -OCH3 is 1. The van der Waals surface area contributed by atoms with Gasteiger partial charge in [-0.2, -0.15) is 0 Å². The lowest BCUT2D eigenvalue weighted by molar-refractivity contribution is 0.148. The first-order valence-corrected chi connectivity index (χ1v) is 9.03. The molecule has 0 spiro atoms. The molecule has 0 N–H and O–H groups in total. The summed E-state index contributed by atoms with van der Waals surface area (Å²) in [6, 6.07) is 6.10. The predicted molar refractivity (Wildman–Crippen MR) is 94.2 cm³/mol. The molecule has 1 unspecified atom stereocenters. The predicted octanol–water partition coefficient (Wildman–Crippen LogP) is 6.59. The Bertz CT molecular complexity index is 473. The molecule has 1 aromatic carbocycles. The van der Waals surface area contributed by atoms with Crippen molar-refractivity contribution in [3.05, 3.63) is 28.2 Å². The molecule has 1 aromatic rings. The van der Waals surface area contributed by atoms with Crippen molar-refractivity contribution in [3.8, 4) is 5.75 Å². The van der Waals surface area contributed by atoms with Crippen molar-refractivity contribution in [1.82, 2.24) is 0 Å². The zero-order valence-corrected chi connectivity index (χ0v) is 15.8. The minimum atomic E-state index is 0.0891. The third-order valence-electron chi connectivity index (χ3n) is 4.92. The first kappa shape index (κ1) is 17.1. The lowest BCUT2D eigenvalue weighted by Gasteiger charge is -2.38. The minimum absolute atomic E-state index is 0.0891. The number of alkyl halides is 1. The summed E-state index contributed by atoms with van der Waals surface area (Å²) in [6.45, 7) is 7.07. The van der Waals surface area contributed by atoms with E-state index in [0.29, 0.717) is 11.3 Å². The van der Waals surface area contributed by atoms with Crippen LogP contribution in [0, 0.1) is 17.3 Å². The van der Waals surface area contributed by atoms with Gasteiger partial charge in [-0.1, -0.05) is 42.8 Å². The molecule has 2 rings (SSSR count). The Morgan fingerprint density at radius 2 is 1.81 bits per heavy atom. The van der Waals surface area contributed by atoms with E-state index in [1.165, 1.54) is 31.2 Å². The number of halogens is 2. The van der Waals surface area contributed by atoms with Gasteiger partial charge in [0.05, 0.1) is 12.5 Å². The van der Waals surface area contributed by atoms with E-state index in [0.717, 1.165) is 16.1 Å². The maximum atomic E-state index is 6.78. The van der Waals surface area contributed by atoms with Crippen LogP contribution >= 0.6 is 27.5 Å². The topological polar surface area (TPSA) is 9.23 Å². The summed E-state index contributed by atoms with van der Waals surface area (Å²) in [6.07, 6.45) is 5.06. The second-order valence-electron chi connectivity index (χ2n) is 7.27. The normalized spacial score (nSPS) is 24.7. The molecule has 0 heterocycles. The minimum Gasteiger partial charge on any atom is -0.497 e. The molecule has 0 saturated heterocycles. The summed E-state index contributed by atoms with van der Waals surface area (Å²) in [5, 5.41) is 0.0891. The second-order valence-corrected chi connectivity index (χ2v) is 8.59. The van der Waals surface area contributed by atoms with Gasteiger partial charge in [0.15, 0.2) is 0 Å². The van der Waals surface area contributed by atoms with Gasteiger partial charge in [-0.3, -0.25) is 0 Å². The Morgan fingerprint density at radius 1 is 1.19 bits per heavy atom. The molecule has 21 heavy (non-hydrogen) atoms. The molecular weight excluding hydrogens is 348 g/mol. The first-order chi connectivity index (χ1) is 9.82. The first-order valence-electron chi connectivity index (χ1n) is 7.80. The molecule has 1 nitrogen and oxygen atoms in total. The van der Waals surface area contributed by atoms with Crippen LogP contribution in [0.5, 0.6) is 5.75 Å². The van der Waals surface area contributed by atoms with E-state index in [1.807, 2.05) is 12.1 Å². The highest BCUT2D eigenvalue weighted by Gasteiger charge is 2.33. The maximum Gasteiger partial charge on any atom is 0.120 e. The Balaban J connectivity index is 2.03. The van der Waals surface area contributed by atoms with Crippen LogP contribution in [0.3, 0.4) is 0 Å². The molecule has 1 atom stereocenters. The molecule has 0 aromatic heterocycles. The van der Waals surface area contributed by atoms with E-state index in [-0.39, 0.29) is 5.38 Å². The van der Waals surface area contributed by atoms with E-state index in [2.05, 4.69) is 42.8 Å². The smallest absolute Gasteiger partial charge is 0.120 e. The molecule has 1 aliphatic rings. The molecule has 1 aliphatic carbocycles. The van der Waals surface area contributed by atoms with E-state index in [4.69, 9.17) is 16.3 Å². The van der Waals surface area contributed by atoms with Gasteiger partial charge in [0, 0.05) is 4.47 Å². The summed E-state index contributed by atoms with van der Waals surface area (Å²) >= 11 is 10.4. The van der Waals surface area contributed by atoms with Crippen molar-refractivity contribution < 1.29 is 4.74 Å². The van der Waals surface area contributed by atoms with Gasteiger partial charge in [0.1, 0.15) is 5.75 Å². The Labute approximate surface area is 142 Å². The zero-order chi connectivity index (χ0) is 15.6. The number of ether oxygens (including phenoxy) is 1. The number of hydrogen-bond donors (Lipinski definition) is 0. The molecule has 3 heteroatoms. The van der Waals surface area contributed by atoms with E-state index < -0.39 is 0 Å². The van der Waals surface area contributed by atoms with Crippen LogP contribution in [0.2, 0.25) is 0 Å². The van der Waals surface area contributed by atoms with Gasteiger partial charge in [-0.15, -0.1) is 11.6 Å². The van der Waals surface area contributed by atoms with Gasteiger partial charge in [-0.25, -0.2) is 0 Å². The lowest BCUT2D eigenvalue weighted by Crippen LogP contribution is -2.27. The molecule has 0 amide bonds. The summed E-state index contributed by atoms with van der Waals surface area (Å²) < 4.78 is 6.31. The van der Waals surface area contributed by atoms with Gasteiger partial charge >= 0.3 is 0 Å². The summed E-state index contributed by atoms with van der Waals surface area (Å²) in [5.41, 5.74) is 1.62. The fourth-order valence-electron chi connectivity index (χ4n) is 3.39. The Morgan fingerprint density at radius 3 is 2.29 bits per heavy atom. The zero-order valence-electron chi connectivity index (χ0n) is 13.5. The van der Waals surface area contributed by atoms with Gasteiger partial charge in [0.2, 0.25) is 0 Å². The third-order valence-corrected chi connectivity index (χ3v) is 6.19. The molecule has 1 fully saturated rings. The molecule has 0 bridgehead atoms. The van der Waals surface area contributed by atoms with Gasteiger partial charge in [-0.05, 0) is 60.6 Å². The van der Waals surface area contributed by atoms with Crippen molar-refractivity contribution in [3.63, 3.8) is 0 Å². The van der Waals surface area contributed by atoms with Crippen molar-refractivity contribution in [2.24, 2.45) is 17.3 Å². The monoisotopic (exact) mass is 372 g/mol. The summed E-state index contributed by atoms with van der Waals surface area (Å²) in [5.74, 6) is 2.28. The summed E-state index contributed by atoms with van der Waals surface area (Å²) in [4.78, 5) is 0. The highest BCUT2D eigenvalue weighted by atomic mass is 79.9. The van der Waals surface area contributed by atoms with Crippen molar-refractivity contribution in [1.29, 1.82) is 0 Å². The van der Waals surface area contributed by atoms with Crippen LogP contribution < -0.4 is 4.74 Å². The molecule has 118 valence electrons. The quantitative estimate of drug-likeness (QED) is 0.543. The lowest BCUT2D eigenvalue weighted by atomic mass is 9.69. The largest absolute Gasteiger partial charge is 0.497 e. The average Bonchev–Trinajstić information content (AvgIpc) is 2.45. The Hall–Kier alpha value is -0.210. The maximum absolute atomic E-state index is 6.78. The van der Waals surface area contributed by atoms with Crippen molar-refractivity contribution in [2.75, 3.05) is 7.11 Å².